The maximum absolute atomic E-state index is 9.21. The number of halogens is 1. The van der Waals surface area contributed by atoms with E-state index >= 15 is 0 Å². The molecular formula is C15H23BrN2O. The van der Waals surface area contributed by atoms with Crippen molar-refractivity contribution in [2.45, 2.75) is 38.8 Å². The van der Waals surface area contributed by atoms with Crippen molar-refractivity contribution in [2.24, 2.45) is 0 Å². The lowest BCUT2D eigenvalue weighted by atomic mass is 10.1. The van der Waals surface area contributed by atoms with Gasteiger partial charge >= 0.3 is 0 Å². The molecule has 1 aliphatic carbocycles. The minimum atomic E-state index is 0.207. The zero-order chi connectivity index (χ0) is 13.8. The summed E-state index contributed by atoms with van der Waals surface area (Å²) in [5, 5.41) is 12.6. The molecule has 1 aromatic rings. The van der Waals surface area contributed by atoms with Gasteiger partial charge in [-0.1, -0.05) is 13.0 Å². The normalized spacial score (nSPS) is 16.4. The van der Waals surface area contributed by atoms with E-state index in [9.17, 15) is 5.11 Å². The predicted octanol–water partition coefficient (Wildman–Crippen LogP) is 3.08. The van der Waals surface area contributed by atoms with Gasteiger partial charge in [0.05, 0.1) is 12.3 Å². The molecule has 1 aliphatic rings. The SMILES string of the molecule is CCNC(C)c1ccc(N(CCO)C2CC2)c(Br)c1. The molecule has 0 spiro atoms. The third-order valence-corrected chi connectivity index (χ3v) is 4.26. The fraction of sp³-hybridized carbons (Fsp3) is 0.600. The molecule has 4 heteroatoms. The molecular weight excluding hydrogens is 304 g/mol. The molecule has 2 N–H and O–H groups in total. The van der Waals surface area contributed by atoms with Crippen LogP contribution in [0, 0.1) is 0 Å². The summed E-state index contributed by atoms with van der Waals surface area (Å²) in [6, 6.07) is 7.51. The number of anilines is 1. The summed E-state index contributed by atoms with van der Waals surface area (Å²) in [7, 11) is 0. The van der Waals surface area contributed by atoms with Crippen LogP contribution in [-0.4, -0.2) is 30.8 Å². The monoisotopic (exact) mass is 326 g/mol. The van der Waals surface area contributed by atoms with Gasteiger partial charge in [0.1, 0.15) is 0 Å². The minimum Gasteiger partial charge on any atom is -0.395 e. The number of nitrogens with one attached hydrogen (secondary N) is 1. The highest BCUT2D eigenvalue weighted by Gasteiger charge is 2.29. The second kappa shape index (κ2) is 6.73. The molecule has 1 aromatic carbocycles. The zero-order valence-corrected chi connectivity index (χ0v) is 13.3. The van der Waals surface area contributed by atoms with E-state index in [-0.39, 0.29) is 6.61 Å². The zero-order valence-electron chi connectivity index (χ0n) is 11.7. The van der Waals surface area contributed by atoms with E-state index in [0.29, 0.717) is 18.6 Å². The van der Waals surface area contributed by atoms with Crippen molar-refractivity contribution < 1.29 is 5.11 Å². The average molecular weight is 327 g/mol. The van der Waals surface area contributed by atoms with Crippen LogP contribution in [0.5, 0.6) is 0 Å². The molecule has 1 unspecified atom stereocenters. The van der Waals surface area contributed by atoms with E-state index in [1.807, 2.05) is 0 Å². The molecule has 0 aromatic heterocycles. The number of nitrogens with zero attached hydrogens (tertiary/aromatic N) is 1. The van der Waals surface area contributed by atoms with Gasteiger partial charge in [0.2, 0.25) is 0 Å². The van der Waals surface area contributed by atoms with Crippen molar-refractivity contribution in [1.29, 1.82) is 0 Å². The quantitative estimate of drug-likeness (QED) is 0.808. The van der Waals surface area contributed by atoms with Gasteiger partial charge < -0.3 is 15.3 Å². The van der Waals surface area contributed by atoms with Crippen molar-refractivity contribution in [2.75, 3.05) is 24.6 Å². The minimum absolute atomic E-state index is 0.207. The van der Waals surface area contributed by atoms with E-state index in [0.717, 1.165) is 11.0 Å². The maximum atomic E-state index is 9.21. The Kier molecular flexibility index (Phi) is 5.25. The number of aliphatic hydroxyl groups is 1. The molecule has 0 amide bonds. The highest BCUT2D eigenvalue weighted by Crippen LogP contribution is 2.36. The summed E-state index contributed by atoms with van der Waals surface area (Å²) in [6.07, 6.45) is 2.48. The number of hydrogen-bond acceptors (Lipinski definition) is 3. The molecule has 0 bridgehead atoms. The van der Waals surface area contributed by atoms with Crippen molar-refractivity contribution in [3.63, 3.8) is 0 Å². The van der Waals surface area contributed by atoms with Crippen molar-refractivity contribution in [3.8, 4) is 0 Å². The summed E-state index contributed by atoms with van der Waals surface area (Å²) in [5.41, 5.74) is 2.49. The van der Waals surface area contributed by atoms with E-state index in [1.54, 1.807) is 0 Å². The third kappa shape index (κ3) is 3.71. The van der Waals surface area contributed by atoms with Crippen molar-refractivity contribution in [3.05, 3.63) is 28.2 Å². The molecule has 0 heterocycles. The Morgan fingerprint density at radius 1 is 1.47 bits per heavy atom. The first-order valence-electron chi connectivity index (χ1n) is 7.07. The molecule has 19 heavy (non-hydrogen) atoms. The first kappa shape index (κ1) is 14.8. The van der Waals surface area contributed by atoms with Crippen LogP contribution < -0.4 is 10.2 Å². The first-order chi connectivity index (χ1) is 9.17. The lowest BCUT2D eigenvalue weighted by molar-refractivity contribution is 0.301. The average Bonchev–Trinajstić information content (AvgIpc) is 3.21. The summed E-state index contributed by atoms with van der Waals surface area (Å²) in [6.45, 7) is 6.19. The van der Waals surface area contributed by atoms with E-state index < -0.39 is 0 Å². The van der Waals surface area contributed by atoms with Crippen LogP contribution in [0.1, 0.15) is 38.3 Å². The van der Waals surface area contributed by atoms with Crippen LogP contribution in [0.3, 0.4) is 0 Å². The molecule has 3 nitrogen and oxygen atoms in total. The Hall–Kier alpha value is -0.580. The Labute approximate surface area is 124 Å². The highest BCUT2D eigenvalue weighted by atomic mass is 79.9. The number of aliphatic hydroxyl groups excluding tert-OH is 1. The van der Waals surface area contributed by atoms with E-state index in [2.05, 4.69) is 58.2 Å². The maximum Gasteiger partial charge on any atom is 0.0606 e. The van der Waals surface area contributed by atoms with Crippen LogP contribution in [0.4, 0.5) is 5.69 Å². The predicted molar refractivity (Wildman–Crippen MR) is 83.7 cm³/mol. The molecule has 106 valence electrons. The second-order valence-electron chi connectivity index (χ2n) is 5.14. The highest BCUT2D eigenvalue weighted by molar-refractivity contribution is 9.10. The third-order valence-electron chi connectivity index (χ3n) is 3.62. The Balaban J connectivity index is 2.17. The van der Waals surface area contributed by atoms with Gasteiger partial charge in [0.15, 0.2) is 0 Å². The molecule has 1 atom stereocenters. The fourth-order valence-corrected chi connectivity index (χ4v) is 3.07. The number of rotatable bonds is 7. The van der Waals surface area contributed by atoms with Gasteiger partial charge in [0, 0.05) is 23.1 Å². The van der Waals surface area contributed by atoms with Crippen LogP contribution in [0.15, 0.2) is 22.7 Å². The summed E-state index contributed by atoms with van der Waals surface area (Å²) < 4.78 is 1.12. The first-order valence-corrected chi connectivity index (χ1v) is 7.87. The van der Waals surface area contributed by atoms with Crippen LogP contribution in [0.25, 0.3) is 0 Å². The molecule has 1 fully saturated rings. The Morgan fingerprint density at radius 3 is 2.74 bits per heavy atom. The second-order valence-corrected chi connectivity index (χ2v) is 5.99. The summed E-state index contributed by atoms with van der Waals surface area (Å²) in [4.78, 5) is 2.31. The van der Waals surface area contributed by atoms with Gasteiger partial charge in [-0.3, -0.25) is 0 Å². The Bertz CT molecular complexity index is 421. The fourth-order valence-electron chi connectivity index (χ4n) is 2.44. The van der Waals surface area contributed by atoms with Crippen molar-refractivity contribution in [1.82, 2.24) is 5.32 Å². The smallest absolute Gasteiger partial charge is 0.0606 e. The van der Waals surface area contributed by atoms with Gasteiger partial charge in [-0.15, -0.1) is 0 Å². The lowest BCUT2D eigenvalue weighted by Gasteiger charge is -2.26. The van der Waals surface area contributed by atoms with E-state index in [4.69, 9.17) is 0 Å². The van der Waals surface area contributed by atoms with Gasteiger partial charge in [-0.25, -0.2) is 0 Å². The largest absolute Gasteiger partial charge is 0.395 e. The van der Waals surface area contributed by atoms with Crippen LogP contribution >= 0.6 is 15.9 Å². The summed E-state index contributed by atoms with van der Waals surface area (Å²) >= 11 is 3.68. The topological polar surface area (TPSA) is 35.5 Å². The van der Waals surface area contributed by atoms with Gasteiger partial charge in [-0.2, -0.15) is 0 Å². The van der Waals surface area contributed by atoms with Crippen LogP contribution in [0.2, 0.25) is 0 Å². The number of benzene rings is 1. The van der Waals surface area contributed by atoms with Crippen molar-refractivity contribution >= 4 is 21.6 Å². The van der Waals surface area contributed by atoms with E-state index in [1.165, 1.54) is 24.1 Å². The molecule has 1 saturated carbocycles. The molecule has 0 saturated heterocycles. The van der Waals surface area contributed by atoms with Gasteiger partial charge in [-0.05, 0) is 59.9 Å². The standard InChI is InChI=1S/C15H23BrN2O/c1-3-17-11(2)12-4-7-15(14(16)10-12)18(8-9-19)13-5-6-13/h4,7,10-11,13,17,19H,3,5-6,8-9H2,1-2H3. The lowest BCUT2D eigenvalue weighted by Crippen LogP contribution is -2.29. The van der Waals surface area contributed by atoms with Crippen LogP contribution in [-0.2, 0) is 0 Å². The van der Waals surface area contributed by atoms with Gasteiger partial charge in [0.25, 0.3) is 0 Å². The Morgan fingerprint density at radius 2 is 2.21 bits per heavy atom. The molecule has 0 aliphatic heterocycles. The molecule has 2 rings (SSSR count). The summed E-state index contributed by atoms with van der Waals surface area (Å²) in [5.74, 6) is 0. The molecule has 0 radical (unpaired) electrons. The number of hydrogen-bond donors (Lipinski definition) is 2.